The summed E-state index contributed by atoms with van der Waals surface area (Å²) in [5, 5.41) is 15.6. The average molecular weight is 317 g/mol. The molecule has 23 heavy (non-hydrogen) atoms. The van der Waals surface area contributed by atoms with Crippen LogP contribution in [-0.2, 0) is 11.2 Å². The number of H-pyrrole nitrogens is 1. The average Bonchev–Trinajstić information content (AvgIpc) is 2.95. The zero-order valence-corrected chi connectivity index (χ0v) is 13.4. The lowest BCUT2D eigenvalue weighted by molar-refractivity contribution is -0.140. The largest absolute Gasteiger partial charge is 0.480 e. The van der Waals surface area contributed by atoms with Gasteiger partial charge >= 0.3 is 12.0 Å². The molecule has 1 aromatic heterocycles. The number of aromatic nitrogens is 1. The molecular formula is C17H23N3O3. The number of aliphatic carboxylic acids is 1. The Bertz CT molecular complexity index is 681. The lowest BCUT2D eigenvalue weighted by Crippen LogP contribution is -2.49. The maximum Gasteiger partial charge on any atom is 0.326 e. The number of benzene rings is 1. The summed E-state index contributed by atoms with van der Waals surface area (Å²) in [6.07, 6.45) is 3.30. The SMILES string of the molecule is CC[C@H](C)[C@H](NC(=O)NCCc1c[nH]c2ccccc12)C(=O)O. The molecule has 0 unspecified atom stereocenters. The van der Waals surface area contributed by atoms with E-state index in [2.05, 4.69) is 15.6 Å². The van der Waals surface area contributed by atoms with Crippen molar-refractivity contribution in [3.63, 3.8) is 0 Å². The van der Waals surface area contributed by atoms with Gasteiger partial charge < -0.3 is 20.7 Å². The summed E-state index contributed by atoms with van der Waals surface area (Å²) in [6.45, 7) is 4.16. The molecule has 0 saturated heterocycles. The number of carbonyl (C=O) groups is 2. The van der Waals surface area contributed by atoms with Crippen molar-refractivity contribution in [2.24, 2.45) is 5.92 Å². The minimum Gasteiger partial charge on any atom is -0.480 e. The van der Waals surface area contributed by atoms with E-state index < -0.39 is 18.0 Å². The number of hydrogen-bond acceptors (Lipinski definition) is 2. The van der Waals surface area contributed by atoms with Crippen molar-refractivity contribution in [3.05, 3.63) is 36.0 Å². The number of para-hydroxylation sites is 1. The number of nitrogens with one attached hydrogen (secondary N) is 3. The normalized spacial score (nSPS) is 13.5. The highest BCUT2D eigenvalue weighted by molar-refractivity contribution is 5.84. The molecule has 0 aliphatic carbocycles. The Balaban J connectivity index is 1.86. The zero-order chi connectivity index (χ0) is 16.8. The van der Waals surface area contributed by atoms with Crippen molar-refractivity contribution in [1.29, 1.82) is 0 Å². The summed E-state index contributed by atoms with van der Waals surface area (Å²) in [4.78, 5) is 26.3. The molecule has 2 atom stereocenters. The first kappa shape index (κ1) is 16.9. The van der Waals surface area contributed by atoms with Crippen LogP contribution >= 0.6 is 0 Å². The maximum atomic E-state index is 11.9. The predicted molar refractivity (Wildman–Crippen MR) is 89.4 cm³/mol. The van der Waals surface area contributed by atoms with Gasteiger partial charge in [-0.15, -0.1) is 0 Å². The lowest BCUT2D eigenvalue weighted by atomic mass is 9.99. The first-order valence-electron chi connectivity index (χ1n) is 7.85. The number of carboxylic acids is 1. The van der Waals surface area contributed by atoms with Crippen LogP contribution in [0.25, 0.3) is 10.9 Å². The van der Waals surface area contributed by atoms with Crippen LogP contribution in [0.3, 0.4) is 0 Å². The molecule has 4 N–H and O–H groups in total. The molecular weight excluding hydrogens is 294 g/mol. The highest BCUT2D eigenvalue weighted by Gasteiger charge is 2.25. The number of fused-ring (bicyclic) bond motifs is 1. The first-order chi connectivity index (χ1) is 11.0. The molecule has 0 spiro atoms. The van der Waals surface area contributed by atoms with E-state index in [1.165, 1.54) is 0 Å². The van der Waals surface area contributed by atoms with E-state index in [1.807, 2.05) is 44.3 Å². The smallest absolute Gasteiger partial charge is 0.326 e. The fourth-order valence-electron chi connectivity index (χ4n) is 2.52. The van der Waals surface area contributed by atoms with E-state index in [-0.39, 0.29) is 5.92 Å². The number of aromatic amines is 1. The maximum absolute atomic E-state index is 11.9. The molecule has 1 heterocycles. The van der Waals surface area contributed by atoms with Crippen molar-refractivity contribution in [1.82, 2.24) is 15.6 Å². The number of carbonyl (C=O) groups excluding carboxylic acids is 1. The molecule has 0 saturated carbocycles. The van der Waals surface area contributed by atoms with E-state index in [4.69, 9.17) is 0 Å². The quantitative estimate of drug-likeness (QED) is 0.632. The van der Waals surface area contributed by atoms with Crippen LogP contribution in [0.15, 0.2) is 30.5 Å². The Kier molecular flexibility index (Phi) is 5.62. The summed E-state index contributed by atoms with van der Waals surface area (Å²) in [5.41, 5.74) is 2.19. The van der Waals surface area contributed by atoms with Crippen molar-refractivity contribution >= 4 is 22.9 Å². The molecule has 2 amide bonds. The number of rotatable bonds is 7. The molecule has 124 valence electrons. The number of carboxylic acid groups (broad SMARTS) is 1. The summed E-state index contributed by atoms with van der Waals surface area (Å²) < 4.78 is 0. The van der Waals surface area contributed by atoms with Gasteiger partial charge in [0.25, 0.3) is 0 Å². The standard InChI is InChI=1S/C17H23N3O3/c1-3-11(2)15(16(21)22)20-17(23)18-9-8-12-10-19-14-7-5-4-6-13(12)14/h4-7,10-11,15,19H,3,8-9H2,1-2H3,(H,21,22)(H2,18,20,23)/t11-,15-/m0/s1. The Morgan fingerprint density at radius 2 is 2.04 bits per heavy atom. The third-order valence-electron chi connectivity index (χ3n) is 4.12. The van der Waals surface area contributed by atoms with Crippen LogP contribution in [0.2, 0.25) is 0 Å². The summed E-state index contributed by atoms with van der Waals surface area (Å²) in [6, 6.07) is 6.66. The zero-order valence-electron chi connectivity index (χ0n) is 13.4. The monoisotopic (exact) mass is 317 g/mol. The van der Waals surface area contributed by atoms with Gasteiger partial charge in [-0.25, -0.2) is 9.59 Å². The molecule has 0 aliphatic rings. The molecule has 0 fully saturated rings. The fourth-order valence-corrected chi connectivity index (χ4v) is 2.52. The van der Waals surface area contributed by atoms with Gasteiger partial charge in [0.05, 0.1) is 0 Å². The molecule has 0 aliphatic heterocycles. The molecule has 6 heteroatoms. The minimum absolute atomic E-state index is 0.119. The van der Waals surface area contributed by atoms with Gasteiger partial charge in [0.1, 0.15) is 6.04 Å². The summed E-state index contributed by atoms with van der Waals surface area (Å²) in [7, 11) is 0. The van der Waals surface area contributed by atoms with Gasteiger partial charge in [-0.1, -0.05) is 38.5 Å². The Hall–Kier alpha value is -2.50. The van der Waals surface area contributed by atoms with Gasteiger partial charge in [-0.2, -0.15) is 0 Å². The highest BCUT2D eigenvalue weighted by Crippen LogP contribution is 2.17. The Labute approximate surface area is 135 Å². The molecule has 2 aromatic rings. The Morgan fingerprint density at radius 3 is 2.74 bits per heavy atom. The second-order valence-electron chi connectivity index (χ2n) is 5.71. The van der Waals surface area contributed by atoms with Gasteiger partial charge in [-0.3, -0.25) is 0 Å². The van der Waals surface area contributed by atoms with Crippen molar-refractivity contribution < 1.29 is 14.7 Å². The molecule has 2 rings (SSSR count). The van der Waals surface area contributed by atoms with E-state index in [0.29, 0.717) is 19.4 Å². The molecule has 0 radical (unpaired) electrons. The third kappa shape index (κ3) is 4.25. The number of hydrogen-bond donors (Lipinski definition) is 4. The van der Waals surface area contributed by atoms with Crippen molar-refractivity contribution in [3.8, 4) is 0 Å². The minimum atomic E-state index is -1.01. The topological polar surface area (TPSA) is 94.2 Å². The highest BCUT2D eigenvalue weighted by atomic mass is 16.4. The van der Waals surface area contributed by atoms with E-state index in [0.717, 1.165) is 16.5 Å². The number of urea groups is 1. The van der Waals surface area contributed by atoms with E-state index in [9.17, 15) is 14.7 Å². The second kappa shape index (κ2) is 7.67. The fraction of sp³-hybridized carbons (Fsp3) is 0.412. The van der Waals surface area contributed by atoms with Crippen LogP contribution in [0, 0.1) is 5.92 Å². The van der Waals surface area contributed by atoms with Crippen molar-refractivity contribution in [2.45, 2.75) is 32.7 Å². The molecule has 6 nitrogen and oxygen atoms in total. The van der Waals surface area contributed by atoms with Crippen LogP contribution in [0.1, 0.15) is 25.8 Å². The van der Waals surface area contributed by atoms with Crippen LogP contribution < -0.4 is 10.6 Å². The Morgan fingerprint density at radius 1 is 1.30 bits per heavy atom. The predicted octanol–water partition coefficient (Wildman–Crippen LogP) is 2.51. The van der Waals surface area contributed by atoms with Crippen LogP contribution in [-0.4, -0.2) is 34.7 Å². The first-order valence-corrected chi connectivity index (χ1v) is 7.85. The summed E-state index contributed by atoms with van der Waals surface area (Å²) >= 11 is 0. The third-order valence-corrected chi connectivity index (χ3v) is 4.12. The van der Waals surface area contributed by atoms with Gasteiger partial charge in [-0.05, 0) is 24.0 Å². The second-order valence-corrected chi connectivity index (χ2v) is 5.71. The van der Waals surface area contributed by atoms with E-state index in [1.54, 1.807) is 0 Å². The lowest BCUT2D eigenvalue weighted by Gasteiger charge is -2.20. The summed E-state index contributed by atoms with van der Waals surface area (Å²) in [5.74, 6) is -1.13. The van der Waals surface area contributed by atoms with Gasteiger partial charge in [0, 0.05) is 23.6 Å². The van der Waals surface area contributed by atoms with Crippen LogP contribution in [0.4, 0.5) is 4.79 Å². The van der Waals surface area contributed by atoms with E-state index >= 15 is 0 Å². The molecule has 0 bridgehead atoms. The van der Waals surface area contributed by atoms with Crippen molar-refractivity contribution in [2.75, 3.05) is 6.54 Å². The van der Waals surface area contributed by atoms with Crippen LogP contribution in [0.5, 0.6) is 0 Å². The van der Waals surface area contributed by atoms with Gasteiger partial charge in [0.2, 0.25) is 0 Å². The van der Waals surface area contributed by atoms with Gasteiger partial charge in [0.15, 0.2) is 0 Å². The number of amides is 2. The molecule has 1 aromatic carbocycles.